The van der Waals surface area contributed by atoms with Crippen LogP contribution in [0.15, 0.2) is 41.2 Å². The van der Waals surface area contributed by atoms with E-state index in [2.05, 4.69) is 15.3 Å². The Balaban J connectivity index is 1.70. The molecule has 5 bridgehead atoms. The summed E-state index contributed by atoms with van der Waals surface area (Å²) in [6.07, 6.45) is 4.79. The Bertz CT molecular complexity index is 1950. The van der Waals surface area contributed by atoms with E-state index in [1.54, 1.807) is 44.9 Å². The van der Waals surface area contributed by atoms with Crippen molar-refractivity contribution in [3.8, 4) is 23.0 Å². The number of ether oxygens (including phenoxy) is 3. The van der Waals surface area contributed by atoms with Gasteiger partial charge >= 0.3 is 5.79 Å². The number of aromatic hydroxyl groups is 3. The van der Waals surface area contributed by atoms with Gasteiger partial charge in [0, 0.05) is 80.4 Å². The van der Waals surface area contributed by atoms with Gasteiger partial charge in [-0.2, -0.15) is 5.10 Å². The lowest BCUT2D eigenvalue weighted by molar-refractivity contribution is -0.112. The first-order valence-electron chi connectivity index (χ1n) is 18.9. The quantitative estimate of drug-likeness (QED) is 0.134. The number of hydrogen-bond acceptors (Lipinski definition) is 14. The van der Waals surface area contributed by atoms with Crippen molar-refractivity contribution < 1.29 is 54.4 Å². The molecule has 2 aromatic carbocycles. The number of amides is 1. The maximum Gasteiger partial charge on any atom is 0.312 e. The normalized spacial score (nSPS) is 33.3. The molecule has 4 aliphatic rings. The van der Waals surface area contributed by atoms with Crippen LogP contribution in [0.3, 0.4) is 0 Å². The highest BCUT2D eigenvalue weighted by Gasteiger charge is 2.50. The van der Waals surface area contributed by atoms with E-state index in [0.29, 0.717) is 13.1 Å². The maximum absolute atomic E-state index is 14.3. The predicted octanol–water partition coefficient (Wildman–Crippen LogP) is 3.76. The van der Waals surface area contributed by atoms with Crippen LogP contribution in [-0.2, 0) is 14.3 Å². The molecule has 0 spiro atoms. The van der Waals surface area contributed by atoms with E-state index in [4.69, 9.17) is 14.2 Å². The summed E-state index contributed by atoms with van der Waals surface area (Å²) in [5.41, 5.74) is -0.290. The number of nitrogens with zero attached hydrogens (tertiary/aromatic N) is 3. The molecule has 0 radical (unpaired) electrons. The molecule has 9 atom stereocenters. The highest BCUT2D eigenvalue weighted by Crippen LogP contribution is 2.55. The number of carbonyl (C=O) groups excluding carboxylic acids is 2. The van der Waals surface area contributed by atoms with Crippen molar-refractivity contribution in [1.82, 2.24) is 9.91 Å². The number of aliphatic hydroxyl groups is 3. The number of likely N-dealkylation sites (N-methyl/N-ethyl adjacent to an activating group) is 1. The molecule has 1 amide bonds. The fourth-order valence-corrected chi connectivity index (χ4v) is 7.53. The molecule has 15 heteroatoms. The third-order valence-electron chi connectivity index (χ3n) is 11.6. The Morgan fingerprint density at radius 3 is 2.16 bits per heavy atom. The van der Waals surface area contributed by atoms with Gasteiger partial charge in [0.2, 0.25) is 0 Å². The van der Waals surface area contributed by atoms with Crippen molar-refractivity contribution in [2.75, 3.05) is 45.7 Å². The van der Waals surface area contributed by atoms with Crippen molar-refractivity contribution in [2.24, 2.45) is 28.8 Å². The summed E-state index contributed by atoms with van der Waals surface area (Å²) in [7, 11) is 3.43. The summed E-state index contributed by atoms with van der Waals surface area (Å²) in [6, 6.07) is 0. The second kappa shape index (κ2) is 16.8. The summed E-state index contributed by atoms with van der Waals surface area (Å²) >= 11 is 0. The number of aliphatic hydroxyl groups excluding tert-OH is 3. The number of ketones is 1. The molecule has 1 saturated heterocycles. The van der Waals surface area contributed by atoms with Crippen LogP contribution >= 0.6 is 0 Å². The summed E-state index contributed by atoms with van der Waals surface area (Å²) in [6.45, 7) is 13.8. The number of methoxy groups -OCH3 is 1. The molecule has 0 aliphatic carbocycles. The molecule has 0 saturated carbocycles. The smallest absolute Gasteiger partial charge is 0.312 e. The van der Waals surface area contributed by atoms with E-state index in [1.807, 2.05) is 7.05 Å². The largest absolute Gasteiger partial charge is 0.507 e. The number of anilines is 1. The molecular formula is C41H56N4O11. The number of benzene rings is 2. The van der Waals surface area contributed by atoms with Gasteiger partial charge in [0.1, 0.15) is 17.2 Å². The number of carbonyl (C=O) groups is 2. The summed E-state index contributed by atoms with van der Waals surface area (Å²) in [5.74, 6) is -7.59. The summed E-state index contributed by atoms with van der Waals surface area (Å²) < 4.78 is 17.7. The molecule has 2 aromatic rings. The lowest BCUT2D eigenvalue weighted by Gasteiger charge is -2.36. The van der Waals surface area contributed by atoms with Gasteiger partial charge < -0.3 is 55.1 Å². The molecule has 7 N–H and O–H groups in total. The van der Waals surface area contributed by atoms with Crippen LogP contribution in [0.1, 0.15) is 63.0 Å². The van der Waals surface area contributed by atoms with Crippen LogP contribution in [0.2, 0.25) is 0 Å². The van der Waals surface area contributed by atoms with E-state index in [9.17, 15) is 40.2 Å². The van der Waals surface area contributed by atoms with Crippen LogP contribution in [-0.4, -0.2) is 129 Å². The molecule has 15 nitrogen and oxygen atoms in total. The lowest BCUT2D eigenvalue weighted by atomic mass is 9.78. The lowest BCUT2D eigenvalue weighted by Crippen LogP contribution is -2.44. The first kappa shape index (κ1) is 42.5. The Kier molecular flexibility index (Phi) is 12.8. The van der Waals surface area contributed by atoms with Crippen LogP contribution in [0.25, 0.3) is 10.8 Å². The number of phenolic OH excluding ortho intramolecular Hbond substituents is 3. The van der Waals surface area contributed by atoms with Gasteiger partial charge in [-0.3, -0.25) is 14.6 Å². The first-order chi connectivity index (χ1) is 26.3. The summed E-state index contributed by atoms with van der Waals surface area (Å²) in [5, 5.41) is 77.6. The molecule has 0 unspecified atom stereocenters. The van der Waals surface area contributed by atoms with Crippen molar-refractivity contribution in [3.63, 3.8) is 0 Å². The molecule has 6 rings (SSSR count). The van der Waals surface area contributed by atoms with Crippen molar-refractivity contribution in [1.29, 1.82) is 0 Å². The van der Waals surface area contributed by atoms with Gasteiger partial charge in [0.25, 0.3) is 11.7 Å². The minimum absolute atomic E-state index is 0.0688. The van der Waals surface area contributed by atoms with Crippen molar-refractivity contribution in [2.45, 2.75) is 78.7 Å². The predicted molar refractivity (Wildman–Crippen MR) is 211 cm³/mol. The number of fused-ring (bicyclic) bond motifs is 14. The maximum atomic E-state index is 14.3. The molecule has 56 heavy (non-hydrogen) atoms. The van der Waals surface area contributed by atoms with E-state index in [-0.39, 0.29) is 44.5 Å². The fraction of sp³-hybridized carbons (Fsp3) is 0.537. The number of hydrogen-bond donors (Lipinski definition) is 7. The number of piperazine rings is 1. The monoisotopic (exact) mass is 780 g/mol. The zero-order valence-corrected chi connectivity index (χ0v) is 33.5. The van der Waals surface area contributed by atoms with Crippen LogP contribution < -0.4 is 10.1 Å². The fourth-order valence-electron chi connectivity index (χ4n) is 7.53. The number of rotatable bonds is 3. The minimum atomic E-state index is -2.01. The average molecular weight is 781 g/mol. The Morgan fingerprint density at radius 1 is 0.893 bits per heavy atom. The topological polar surface area (TPSA) is 214 Å². The molecule has 306 valence electrons. The zero-order valence-electron chi connectivity index (χ0n) is 33.5. The Labute approximate surface area is 327 Å². The molecule has 0 aromatic heterocycles. The number of hydrazone groups is 1. The number of allylic oxidation sites excluding steroid dienone is 2. The standard InChI is InChI=1S/C41H56N4O11/c1-20-11-10-12-21(2)40(53)43-31-26(19-42-45-16-14-44(8)15-17-45)36(50)28-29(37(31)51)35(49)25(6)38-30(28)39(52)41(7,56-38)55-18-13-27(54-9)22(3)33(47)24(5)34(48)23(4)32(20)46/h10-13,18-20,22-24,27,32-34,46-51H,14-17H2,1-9H3,(H,43,53)/b11-10+,18-13+,21-12-,42-19-/t20-,22+,23+,24-,27-,32-,33+,34+,41-/m0/s1. The third-order valence-corrected chi connectivity index (χ3v) is 11.6. The molecule has 4 heterocycles. The van der Waals surface area contributed by atoms with E-state index in [1.165, 1.54) is 52.5 Å². The minimum Gasteiger partial charge on any atom is -0.507 e. The highest BCUT2D eigenvalue weighted by atomic mass is 16.7. The van der Waals surface area contributed by atoms with Gasteiger partial charge in [-0.05, 0) is 27.0 Å². The van der Waals surface area contributed by atoms with Crippen LogP contribution in [0, 0.1) is 30.6 Å². The van der Waals surface area contributed by atoms with E-state index < -0.39 is 82.8 Å². The zero-order chi connectivity index (χ0) is 41.4. The second-order valence-electron chi connectivity index (χ2n) is 15.5. The van der Waals surface area contributed by atoms with Gasteiger partial charge in [-0.15, -0.1) is 0 Å². The van der Waals surface area contributed by atoms with Gasteiger partial charge in [-0.1, -0.05) is 45.9 Å². The van der Waals surface area contributed by atoms with Gasteiger partial charge in [0.15, 0.2) is 5.75 Å². The summed E-state index contributed by atoms with van der Waals surface area (Å²) in [4.78, 5) is 30.1. The number of nitrogens with one attached hydrogen (secondary N) is 1. The van der Waals surface area contributed by atoms with E-state index in [0.717, 1.165) is 13.1 Å². The number of phenols is 3. The Morgan fingerprint density at radius 2 is 1.52 bits per heavy atom. The van der Waals surface area contributed by atoms with Crippen LogP contribution in [0.5, 0.6) is 23.0 Å². The SMILES string of the molecule is CO[C@H]1/C=C/O[C@@]2(C)Oc3c(C)c(O)c4c(O)c(c(/C=N\N5CCN(C)CC5)c(O)c4c3C2=O)NC(=O)/C(C)=C\C=C\[C@H](C)[C@H](O)[C@@H](C)[C@@H](O)[C@@H](C)[C@H](O)[C@@H]1C. The molecule has 1 fully saturated rings. The average Bonchev–Trinajstić information content (AvgIpc) is 3.44. The van der Waals surface area contributed by atoms with Gasteiger partial charge in [-0.25, -0.2) is 0 Å². The van der Waals surface area contributed by atoms with Crippen molar-refractivity contribution in [3.05, 3.63) is 52.8 Å². The van der Waals surface area contributed by atoms with Crippen molar-refractivity contribution >= 4 is 34.4 Å². The second-order valence-corrected chi connectivity index (χ2v) is 15.5. The molecular weight excluding hydrogens is 724 g/mol. The van der Waals surface area contributed by atoms with Gasteiger partial charge in [0.05, 0.1) is 59.1 Å². The third kappa shape index (κ3) is 7.96. The first-order valence-corrected chi connectivity index (χ1v) is 18.9. The Hall–Kier alpha value is -4.67. The number of Topliss-reactive ketones (excluding diaryl/α,β-unsaturated/α-hetero) is 1. The molecule has 4 aliphatic heterocycles. The highest BCUT2D eigenvalue weighted by molar-refractivity contribution is 6.23. The van der Waals surface area contributed by atoms with Crippen LogP contribution in [0.4, 0.5) is 5.69 Å². The van der Waals surface area contributed by atoms with E-state index >= 15 is 0 Å².